The molecule has 350 valence electrons. The molecule has 12 aromatic rings. The number of hydrogen-bond acceptors (Lipinski definition) is 2. The molecule has 0 aromatic heterocycles. The maximum absolute atomic E-state index is 2.50. The molecule has 0 aliphatic heterocycles. The molecule has 0 saturated heterocycles. The van der Waals surface area contributed by atoms with Gasteiger partial charge >= 0.3 is 0 Å². The van der Waals surface area contributed by atoms with E-state index in [0.29, 0.717) is 0 Å². The minimum absolute atomic E-state index is 0.580. The van der Waals surface area contributed by atoms with Gasteiger partial charge in [-0.2, -0.15) is 0 Å². The normalized spacial score (nSPS) is 12.2. The highest BCUT2D eigenvalue weighted by atomic mass is 15.2. The van der Waals surface area contributed by atoms with Crippen molar-refractivity contribution in [1.29, 1.82) is 0 Å². The lowest BCUT2D eigenvalue weighted by atomic mass is 9.67. The molecule has 0 heterocycles. The van der Waals surface area contributed by atoms with E-state index >= 15 is 0 Å². The lowest BCUT2D eigenvalue weighted by molar-refractivity contribution is 0.768. The van der Waals surface area contributed by atoms with E-state index in [-0.39, 0.29) is 0 Å². The fourth-order valence-corrected chi connectivity index (χ4v) is 11.7. The highest BCUT2D eigenvalue weighted by Crippen LogP contribution is 2.58. The zero-order valence-electron chi connectivity index (χ0n) is 41.2. The number of hydrogen-bond donors (Lipinski definition) is 0. The molecule has 0 fully saturated rings. The van der Waals surface area contributed by atoms with Gasteiger partial charge in [-0.15, -0.1) is 0 Å². The van der Waals surface area contributed by atoms with Gasteiger partial charge in [-0.3, -0.25) is 0 Å². The molecule has 1 aliphatic rings. The molecule has 1 aliphatic carbocycles. The molecule has 12 aromatic carbocycles. The van der Waals surface area contributed by atoms with E-state index in [1.54, 1.807) is 0 Å². The van der Waals surface area contributed by atoms with Crippen molar-refractivity contribution in [2.24, 2.45) is 0 Å². The molecule has 0 amide bonds. The van der Waals surface area contributed by atoms with Crippen molar-refractivity contribution < 1.29 is 0 Å². The van der Waals surface area contributed by atoms with Crippen LogP contribution in [-0.4, -0.2) is 0 Å². The van der Waals surface area contributed by atoms with Crippen LogP contribution in [0, 0.1) is 6.92 Å². The first-order chi connectivity index (χ1) is 36.6. The van der Waals surface area contributed by atoms with Crippen LogP contribution >= 0.6 is 0 Å². The smallest absolute Gasteiger partial charge is 0.0714 e. The Morgan fingerprint density at radius 2 is 0.743 bits per heavy atom. The zero-order chi connectivity index (χ0) is 49.4. The molecule has 0 spiro atoms. The average molecular weight is 945 g/mol. The van der Waals surface area contributed by atoms with Crippen LogP contribution in [0.4, 0.5) is 34.1 Å². The second-order valence-corrected chi connectivity index (χ2v) is 19.3. The molecule has 0 unspecified atom stereocenters. The number of rotatable bonds is 11. The summed E-state index contributed by atoms with van der Waals surface area (Å²) in [6, 6.07) is 109. The van der Waals surface area contributed by atoms with Crippen LogP contribution in [0.1, 0.15) is 27.8 Å². The van der Waals surface area contributed by atoms with Crippen molar-refractivity contribution in [2.45, 2.75) is 12.3 Å². The van der Waals surface area contributed by atoms with E-state index < -0.39 is 5.41 Å². The molecule has 2 nitrogen and oxygen atoms in total. The highest BCUT2D eigenvalue weighted by molar-refractivity contribution is 6.06. The first kappa shape index (κ1) is 44.4. The first-order valence-corrected chi connectivity index (χ1v) is 25.6. The van der Waals surface area contributed by atoms with Crippen LogP contribution in [0.15, 0.2) is 297 Å². The fraction of sp³-hybridized carbons (Fsp3) is 0.0278. The van der Waals surface area contributed by atoms with Crippen molar-refractivity contribution in [1.82, 2.24) is 0 Å². The summed E-state index contributed by atoms with van der Waals surface area (Å²) in [6.45, 7) is 2.26. The number of anilines is 6. The molecule has 2 heteroatoms. The second kappa shape index (κ2) is 18.9. The summed E-state index contributed by atoms with van der Waals surface area (Å²) in [4.78, 5) is 4.89. The maximum atomic E-state index is 2.50. The third kappa shape index (κ3) is 7.67. The number of fused-ring (bicyclic) bond motifs is 4. The highest BCUT2D eigenvalue weighted by Gasteiger charge is 2.47. The van der Waals surface area contributed by atoms with Gasteiger partial charge in [-0.25, -0.2) is 0 Å². The predicted molar refractivity (Wildman–Crippen MR) is 312 cm³/mol. The largest absolute Gasteiger partial charge is 0.310 e. The molecule has 0 atom stereocenters. The van der Waals surface area contributed by atoms with Gasteiger partial charge in [-0.05, 0) is 145 Å². The lowest BCUT2D eigenvalue weighted by Gasteiger charge is -2.35. The summed E-state index contributed by atoms with van der Waals surface area (Å²) < 4.78 is 0. The van der Waals surface area contributed by atoms with Crippen molar-refractivity contribution >= 4 is 44.9 Å². The van der Waals surface area contributed by atoms with Gasteiger partial charge in [0.25, 0.3) is 0 Å². The Morgan fingerprint density at radius 1 is 0.284 bits per heavy atom. The Kier molecular flexibility index (Phi) is 11.4. The molecule has 0 radical (unpaired) electrons. The van der Waals surface area contributed by atoms with Crippen LogP contribution in [0.3, 0.4) is 0 Å². The fourth-order valence-electron chi connectivity index (χ4n) is 11.7. The topological polar surface area (TPSA) is 6.48 Å². The molecule has 74 heavy (non-hydrogen) atoms. The average Bonchev–Trinajstić information content (AvgIpc) is 3.78. The monoisotopic (exact) mass is 944 g/mol. The van der Waals surface area contributed by atoms with Crippen LogP contribution < -0.4 is 9.80 Å². The van der Waals surface area contributed by atoms with Gasteiger partial charge in [0.1, 0.15) is 0 Å². The molecule has 13 rings (SSSR count). The second-order valence-electron chi connectivity index (χ2n) is 19.3. The maximum Gasteiger partial charge on any atom is 0.0714 e. The summed E-state index contributed by atoms with van der Waals surface area (Å²) in [6.07, 6.45) is 0. The quantitative estimate of drug-likeness (QED) is 0.127. The van der Waals surface area contributed by atoms with Crippen molar-refractivity contribution in [3.05, 3.63) is 325 Å². The van der Waals surface area contributed by atoms with Gasteiger partial charge in [0.2, 0.25) is 0 Å². The summed E-state index contributed by atoms with van der Waals surface area (Å²) in [7, 11) is 0. The van der Waals surface area contributed by atoms with E-state index in [2.05, 4.69) is 314 Å². The van der Waals surface area contributed by atoms with E-state index in [1.165, 1.54) is 77.5 Å². The Bertz CT molecular complexity index is 3800. The molecular formula is C72H52N2. The van der Waals surface area contributed by atoms with Gasteiger partial charge in [0.15, 0.2) is 0 Å². The van der Waals surface area contributed by atoms with Gasteiger partial charge in [0.05, 0.1) is 11.1 Å². The minimum atomic E-state index is -0.580. The first-order valence-electron chi connectivity index (χ1n) is 25.6. The Hall–Kier alpha value is -9.50. The van der Waals surface area contributed by atoms with Crippen LogP contribution in [0.5, 0.6) is 0 Å². The predicted octanol–water partition coefficient (Wildman–Crippen LogP) is 19.5. The SMILES string of the molecule is Cc1cccc2c1-c1ccc(N(c3cccc(N(c4ccc(-c5ccccc5)cc4)c4ccc(-c5ccccc5)cc4)c3)c3ccc4ccccc4c3-c3ccccc3)cc1C2(c1ccccc1)c1ccccc1. The van der Waals surface area contributed by atoms with Gasteiger partial charge in [-0.1, -0.05) is 237 Å². The van der Waals surface area contributed by atoms with Crippen LogP contribution in [0.2, 0.25) is 0 Å². The van der Waals surface area contributed by atoms with E-state index in [9.17, 15) is 0 Å². The Labute approximate surface area is 434 Å². The number of benzene rings is 12. The van der Waals surface area contributed by atoms with Crippen molar-refractivity contribution in [2.75, 3.05) is 9.80 Å². The summed E-state index contributed by atoms with van der Waals surface area (Å²) >= 11 is 0. The van der Waals surface area contributed by atoms with Crippen LogP contribution in [0.25, 0.3) is 55.3 Å². The molecule has 0 saturated carbocycles. The van der Waals surface area contributed by atoms with Crippen molar-refractivity contribution in [3.8, 4) is 44.5 Å². The van der Waals surface area contributed by atoms with Crippen LogP contribution in [-0.2, 0) is 5.41 Å². The van der Waals surface area contributed by atoms with Gasteiger partial charge in [0, 0.05) is 34.0 Å². The zero-order valence-corrected chi connectivity index (χ0v) is 41.2. The van der Waals surface area contributed by atoms with Crippen molar-refractivity contribution in [3.63, 3.8) is 0 Å². The van der Waals surface area contributed by atoms with E-state index in [0.717, 1.165) is 39.7 Å². The van der Waals surface area contributed by atoms with E-state index in [4.69, 9.17) is 0 Å². The Morgan fingerprint density at radius 3 is 1.32 bits per heavy atom. The van der Waals surface area contributed by atoms with Gasteiger partial charge < -0.3 is 9.80 Å². The summed E-state index contributed by atoms with van der Waals surface area (Å²) in [5, 5.41) is 2.39. The summed E-state index contributed by atoms with van der Waals surface area (Å²) in [5.74, 6) is 0. The molecular weight excluding hydrogens is 893 g/mol. The molecule has 0 bridgehead atoms. The third-order valence-electron chi connectivity index (χ3n) is 15.0. The standard InChI is InChI=1S/C72H52N2/c1-51-21-19-36-67-70(51)66-47-46-64(50-68(66)72(67,58-29-13-5-14-30-58)59-31-15-6-16-32-59)74(69-48-41-56-26-17-18-35-65(56)71(69)57-27-11-4-12-28-57)63-34-20-33-62(49-63)73(60-42-37-54(38-43-60)52-22-7-2-8-23-52)61-44-39-55(40-45-61)53-24-9-3-10-25-53/h2-50H,1H3. The summed E-state index contributed by atoms with van der Waals surface area (Å²) in [5.41, 5.74) is 21.7. The number of nitrogens with zero attached hydrogens (tertiary/aromatic N) is 2. The minimum Gasteiger partial charge on any atom is -0.310 e. The number of aryl methyl sites for hydroxylation is 1. The van der Waals surface area contributed by atoms with E-state index in [1.807, 2.05) is 0 Å². The third-order valence-corrected chi connectivity index (χ3v) is 15.0. The lowest BCUT2D eigenvalue weighted by Crippen LogP contribution is -2.28. The molecule has 0 N–H and O–H groups in total. The Balaban J connectivity index is 1.06.